The number of ether oxygens (including phenoxy) is 8. The topological polar surface area (TPSA) is 86.8 Å². The van der Waals surface area contributed by atoms with Gasteiger partial charge < -0.3 is 42.8 Å². The van der Waals surface area contributed by atoms with Crippen molar-refractivity contribution >= 4 is 0 Å². The molecule has 1 aromatic rings. The lowest BCUT2D eigenvalue weighted by molar-refractivity contribution is -0.0132. The van der Waals surface area contributed by atoms with Crippen molar-refractivity contribution in [2.75, 3.05) is 172 Å². The molecule has 2 aliphatic rings. The largest absolute Gasteiger partial charge is 0.378 e. The zero-order valence-corrected chi connectivity index (χ0v) is 27.8. The molecule has 0 aromatic heterocycles. The first-order chi connectivity index (χ1) is 22.3. The van der Waals surface area contributed by atoms with Crippen LogP contribution in [0.5, 0.6) is 0 Å². The predicted molar refractivity (Wildman–Crippen MR) is 174 cm³/mol. The maximum absolute atomic E-state index is 5.97. The van der Waals surface area contributed by atoms with Gasteiger partial charge in [-0.05, 0) is 12.6 Å². The molecule has 0 amide bonds. The molecule has 12 heteroatoms. The van der Waals surface area contributed by atoms with E-state index in [0.717, 1.165) is 65.6 Å². The van der Waals surface area contributed by atoms with Crippen molar-refractivity contribution in [3.8, 4) is 0 Å². The molecule has 0 saturated carbocycles. The van der Waals surface area contributed by atoms with Gasteiger partial charge in [-0.15, -0.1) is 0 Å². The average Bonchev–Trinajstić information content (AvgIpc) is 3.04. The lowest BCUT2D eigenvalue weighted by Gasteiger charge is -2.30. The molecule has 45 heavy (non-hydrogen) atoms. The van der Waals surface area contributed by atoms with Gasteiger partial charge in [0.05, 0.1) is 112 Å². The Hall–Kier alpha value is -1.26. The van der Waals surface area contributed by atoms with Crippen LogP contribution in [0.25, 0.3) is 0 Å². The smallest absolute Gasteiger partial charge is 0.0701 e. The van der Waals surface area contributed by atoms with E-state index in [4.69, 9.17) is 37.9 Å². The fourth-order valence-corrected chi connectivity index (χ4v) is 4.90. The van der Waals surface area contributed by atoms with Gasteiger partial charge in [0.15, 0.2) is 0 Å². The highest BCUT2D eigenvalue weighted by molar-refractivity contribution is 5.14. The summed E-state index contributed by atoms with van der Waals surface area (Å²) >= 11 is 0. The molecule has 2 saturated heterocycles. The molecule has 0 aliphatic carbocycles. The van der Waals surface area contributed by atoms with E-state index in [0.29, 0.717) is 106 Å². The third-order valence-corrected chi connectivity index (χ3v) is 7.68. The number of benzene rings is 1. The van der Waals surface area contributed by atoms with Crippen molar-refractivity contribution in [1.29, 1.82) is 0 Å². The Kier molecular flexibility index (Phi) is 22.7. The highest BCUT2D eigenvalue weighted by Crippen LogP contribution is 2.05. The number of hydrogen-bond donors (Lipinski definition) is 0. The van der Waals surface area contributed by atoms with Crippen LogP contribution in [0.1, 0.15) is 5.56 Å². The van der Waals surface area contributed by atoms with Gasteiger partial charge in [-0.1, -0.05) is 30.3 Å². The van der Waals surface area contributed by atoms with E-state index in [-0.39, 0.29) is 0 Å². The van der Waals surface area contributed by atoms with Gasteiger partial charge in [0.2, 0.25) is 0 Å². The molecular formula is C33H60N4O8. The van der Waals surface area contributed by atoms with Crippen LogP contribution in [0.15, 0.2) is 30.3 Å². The Morgan fingerprint density at radius 1 is 0.400 bits per heavy atom. The van der Waals surface area contributed by atoms with Crippen molar-refractivity contribution < 1.29 is 37.9 Å². The summed E-state index contributed by atoms with van der Waals surface area (Å²) in [6, 6.07) is 10.5. The second-order valence-electron chi connectivity index (χ2n) is 11.3. The average molecular weight is 641 g/mol. The van der Waals surface area contributed by atoms with Crippen molar-refractivity contribution in [3.63, 3.8) is 0 Å². The Morgan fingerprint density at radius 3 is 1.07 bits per heavy atom. The Balaban J connectivity index is 1.42. The molecule has 0 spiro atoms. The lowest BCUT2D eigenvalue weighted by Crippen LogP contribution is -2.44. The van der Waals surface area contributed by atoms with Crippen molar-refractivity contribution in [1.82, 2.24) is 19.6 Å². The van der Waals surface area contributed by atoms with Gasteiger partial charge in [-0.2, -0.15) is 0 Å². The minimum atomic E-state index is 0.581. The first kappa shape index (κ1) is 38.2. The lowest BCUT2D eigenvalue weighted by atomic mass is 10.2. The molecule has 2 fully saturated rings. The quantitative estimate of drug-likeness (QED) is 0.473. The van der Waals surface area contributed by atoms with E-state index in [1.165, 1.54) is 5.56 Å². The van der Waals surface area contributed by atoms with E-state index in [1.807, 2.05) is 0 Å². The molecule has 0 radical (unpaired) electrons. The second-order valence-corrected chi connectivity index (χ2v) is 11.3. The normalized spacial score (nSPS) is 23.8. The molecule has 2 heterocycles. The Labute approximate surface area is 271 Å². The summed E-state index contributed by atoms with van der Waals surface area (Å²) in [5, 5.41) is 0. The highest BCUT2D eigenvalue weighted by atomic mass is 16.5. The van der Waals surface area contributed by atoms with Crippen molar-refractivity contribution in [3.05, 3.63) is 35.9 Å². The van der Waals surface area contributed by atoms with Gasteiger partial charge >= 0.3 is 0 Å². The Morgan fingerprint density at radius 2 is 0.711 bits per heavy atom. The fourth-order valence-electron chi connectivity index (χ4n) is 4.90. The standard InChI is InChI=1S/C33H60N4O8/c1-34-7-15-38-23-25-42-19-11-36(12-20-43-26-24-39-16-8-34)32-37-13-21-44-29-27-40-17-9-35(31-33-5-3-2-4-6-33)10-18-41-28-30-45-22-14-37/h2-6H,7-32H2,1H3. The molecule has 260 valence electrons. The maximum Gasteiger partial charge on any atom is 0.0701 e. The molecule has 2 aliphatic heterocycles. The molecule has 0 unspecified atom stereocenters. The van der Waals surface area contributed by atoms with Crippen LogP contribution >= 0.6 is 0 Å². The summed E-state index contributed by atoms with van der Waals surface area (Å²) in [5.74, 6) is 0. The van der Waals surface area contributed by atoms with Crippen LogP contribution in [0.2, 0.25) is 0 Å². The molecule has 0 N–H and O–H groups in total. The van der Waals surface area contributed by atoms with Crippen LogP contribution in [0, 0.1) is 0 Å². The molecule has 1 aromatic carbocycles. The Bertz CT molecular complexity index is 759. The highest BCUT2D eigenvalue weighted by Gasteiger charge is 2.13. The summed E-state index contributed by atoms with van der Waals surface area (Å²) in [6.45, 7) is 18.4. The maximum atomic E-state index is 5.97. The summed E-state index contributed by atoms with van der Waals surface area (Å²) in [6.07, 6.45) is 0. The minimum absolute atomic E-state index is 0.581. The van der Waals surface area contributed by atoms with Gasteiger partial charge in [0, 0.05) is 58.9 Å². The van der Waals surface area contributed by atoms with Crippen molar-refractivity contribution in [2.45, 2.75) is 6.54 Å². The first-order valence-electron chi connectivity index (χ1n) is 16.8. The summed E-state index contributed by atoms with van der Waals surface area (Å²) < 4.78 is 47.0. The van der Waals surface area contributed by atoms with Crippen LogP contribution in [0.4, 0.5) is 0 Å². The van der Waals surface area contributed by atoms with E-state index in [9.17, 15) is 0 Å². The van der Waals surface area contributed by atoms with Gasteiger partial charge in [-0.25, -0.2) is 0 Å². The van der Waals surface area contributed by atoms with Crippen molar-refractivity contribution in [2.24, 2.45) is 0 Å². The number of likely N-dealkylation sites (N-methyl/N-ethyl adjacent to an activating group) is 1. The molecule has 0 bridgehead atoms. The SMILES string of the molecule is CN1CCOCCOCCN(CN2CCOCCOCCN(Cc3ccccc3)CCOCCOCC2)CCOCCOCC1. The molecule has 12 nitrogen and oxygen atoms in total. The number of hydrogen-bond acceptors (Lipinski definition) is 12. The van der Waals surface area contributed by atoms with Crippen LogP contribution in [-0.2, 0) is 44.4 Å². The molecule has 3 rings (SSSR count). The monoisotopic (exact) mass is 640 g/mol. The molecule has 0 atom stereocenters. The number of nitrogens with zero attached hydrogens (tertiary/aromatic N) is 4. The summed E-state index contributed by atoms with van der Waals surface area (Å²) in [4.78, 5) is 9.34. The van der Waals surface area contributed by atoms with Gasteiger partial charge in [0.25, 0.3) is 0 Å². The first-order valence-corrected chi connectivity index (χ1v) is 16.8. The van der Waals surface area contributed by atoms with E-state index in [2.05, 4.69) is 57.0 Å². The predicted octanol–water partition coefficient (Wildman–Crippen LogP) is 1.14. The third kappa shape index (κ3) is 20.6. The van der Waals surface area contributed by atoms with E-state index < -0.39 is 0 Å². The molecular weight excluding hydrogens is 580 g/mol. The third-order valence-electron chi connectivity index (χ3n) is 7.68. The number of rotatable bonds is 4. The fraction of sp³-hybridized carbons (Fsp3) is 0.818. The second kappa shape index (κ2) is 26.8. The minimum Gasteiger partial charge on any atom is -0.378 e. The summed E-state index contributed by atoms with van der Waals surface area (Å²) in [7, 11) is 2.08. The van der Waals surface area contributed by atoms with Gasteiger partial charge in [0.1, 0.15) is 0 Å². The summed E-state index contributed by atoms with van der Waals surface area (Å²) in [5.41, 5.74) is 1.29. The van der Waals surface area contributed by atoms with Crippen LogP contribution in [-0.4, -0.2) is 191 Å². The van der Waals surface area contributed by atoms with Crippen LogP contribution in [0.3, 0.4) is 0 Å². The van der Waals surface area contributed by atoms with Crippen LogP contribution < -0.4 is 0 Å². The van der Waals surface area contributed by atoms with Gasteiger partial charge in [-0.3, -0.25) is 14.7 Å². The van der Waals surface area contributed by atoms with E-state index >= 15 is 0 Å². The zero-order chi connectivity index (χ0) is 31.5. The zero-order valence-electron chi connectivity index (χ0n) is 27.8. The van der Waals surface area contributed by atoms with E-state index in [1.54, 1.807) is 0 Å².